The van der Waals surface area contributed by atoms with Gasteiger partial charge in [0.15, 0.2) is 0 Å². The minimum Gasteiger partial charge on any atom is -0.383 e. The molecule has 0 radical (unpaired) electrons. The molecular formula is C13H15N3O3S. The Balaban J connectivity index is 3.08. The summed E-state index contributed by atoms with van der Waals surface area (Å²) in [5.41, 5.74) is 0.276. The van der Waals surface area contributed by atoms with Gasteiger partial charge in [0.1, 0.15) is 0 Å². The average molecular weight is 293 g/mol. The number of benzene rings is 1. The van der Waals surface area contributed by atoms with E-state index in [-0.39, 0.29) is 36.6 Å². The Kier molecular flexibility index (Phi) is 6.13. The van der Waals surface area contributed by atoms with Crippen molar-refractivity contribution in [2.75, 3.05) is 26.8 Å². The van der Waals surface area contributed by atoms with Gasteiger partial charge in [-0.25, -0.2) is 8.42 Å². The van der Waals surface area contributed by atoms with Gasteiger partial charge in [0.25, 0.3) is 0 Å². The molecule has 0 saturated carbocycles. The highest BCUT2D eigenvalue weighted by atomic mass is 32.2. The fourth-order valence-corrected chi connectivity index (χ4v) is 3.07. The second kappa shape index (κ2) is 7.61. The Morgan fingerprint density at radius 3 is 2.65 bits per heavy atom. The fraction of sp³-hybridized carbons (Fsp3) is 0.385. The molecule has 0 saturated heterocycles. The molecule has 20 heavy (non-hydrogen) atoms. The first kappa shape index (κ1) is 16.1. The van der Waals surface area contributed by atoms with E-state index in [9.17, 15) is 8.42 Å². The van der Waals surface area contributed by atoms with Crippen LogP contribution >= 0.6 is 0 Å². The molecule has 7 heteroatoms. The third-order valence-electron chi connectivity index (χ3n) is 2.62. The van der Waals surface area contributed by atoms with Crippen molar-refractivity contribution in [3.8, 4) is 12.1 Å². The first-order chi connectivity index (χ1) is 9.56. The molecule has 0 unspecified atom stereocenters. The fourth-order valence-electron chi connectivity index (χ4n) is 1.60. The van der Waals surface area contributed by atoms with Gasteiger partial charge in [-0.3, -0.25) is 0 Å². The van der Waals surface area contributed by atoms with Crippen LogP contribution in [0, 0.1) is 22.7 Å². The van der Waals surface area contributed by atoms with Crippen LogP contribution in [-0.4, -0.2) is 39.5 Å². The summed E-state index contributed by atoms with van der Waals surface area (Å²) in [6.45, 7) is 0.499. The van der Waals surface area contributed by atoms with Crippen LogP contribution in [0.5, 0.6) is 0 Å². The molecule has 0 amide bonds. The van der Waals surface area contributed by atoms with Gasteiger partial charge in [-0.05, 0) is 18.2 Å². The summed E-state index contributed by atoms with van der Waals surface area (Å²) in [6, 6.07) is 9.63. The maximum Gasteiger partial charge on any atom is 0.243 e. The highest BCUT2D eigenvalue weighted by molar-refractivity contribution is 7.89. The molecule has 1 aromatic carbocycles. The zero-order valence-electron chi connectivity index (χ0n) is 11.1. The van der Waals surface area contributed by atoms with E-state index in [1.54, 1.807) is 0 Å². The molecule has 0 spiro atoms. The zero-order valence-corrected chi connectivity index (χ0v) is 11.9. The number of rotatable bonds is 7. The predicted molar refractivity (Wildman–Crippen MR) is 72.0 cm³/mol. The molecule has 6 nitrogen and oxygen atoms in total. The number of hydrogen-bond donors (Lipinski definition) is 0. The van der Waals surface area contributed by atoms with E-state index < -0.39 is 10.0 Å². The van der Waals surface area contributed by atoms with Crippen LogP contribution in [0.1, 0.15) is 12.0 Å². The molecule has 0 aliphatic rings. The van der Waals surface area contributed by atoms with Crippen LogP contribution in [0.2, 0.25) is 0 Å². The summed E-state index contributed by atoms with van der Waals surface area (Å²) in [4.78, 5) is 0.0468. The van der Waals surface area contributed by atoms with E-state index in [4.69, 9.17) is 15.3 Å². The second-order valence-electron chi connectivity index (χ2n) is 3.94. The number of nitrogens with zero attached hydrogens (tertiary/aromatic N) is 3. The lowest BCUT2D eigenvalue weighted by atomic mass is 10.2. The van der Waals surface area contributed by atoms with Gasteiger partial charge >= 0.3 is 0 Å². The molecule has 0 atom stereocenters. The van der Waals surface area contributed by atoms with E-state index >= 15 is 0 Å². The van der Waals surface area contributed by atoms with Crippen molar-refractivity contribution >= 4 is 10.0 Å². The minimum absolute atomic E-state index is 0.0468. The molecule has 0 heterocycles. The molecule has 0 aromatic heterocycles. The standard InChI is InChI=1S/C13H15N3O3S/c1-19-9-8-16(7-3-6-14)20(17,18)13-5-2-4-12(10-13)11-15/h2,4-5,10H,3,7-9H2,1H3. The monoisotopic (exact) mass is 293 g/mol. The quantitative estimate of drug-likeness (QED) is 0.750. The second-order valence-corrected chi connectivity index (χ2v) is 5.88. The van der Waals surface area contributed by atoms with Crippen LogP contribution in [0.25, 0.3) is 0 Å². The number of hydrogen-bond acceptors (Lipinski definition) is 5. The lowest BCUT2D eigenvalue weighted by Crippen LogP contribution is -2.34. The Hall–Kier alpha value is -1.93. The van der Waals surface area contributed by atoms with Crippen LogP contribution in [-0.2, 0) is 14.8 Å². The molecule has 0 N–H and O–H groups in total. The van der Waals surface area contributed by atoms with Crippen LogP contribution in [0.15, 0.2) is 29.2 Å². The first-order valence-electron chi connectivity index (χ1n) is 5.92. The SMILES string of the molecule is COCCN(CCC#N)S(=O)(=O)c1cccc(C#N)c1. The summed E-state index contributed by atoms with van der Waals surface area (Å²) >= 11 is 0. The predicted octanol–water partition coefficient (Wildman–Crippen LogP) is 1.11. The highest BCUT2D eigenvalue weighted by Gasteiger charge is 2.24. The third kappa shape index (κ3) is 4.04. The van der Waals surface area contributed by atoms with E-state index in [0.29, 0.717) is 0 Å². The van der Waals surface area contributed by atoms with E-state index in [1.165, 1.54) is 35.7 Å². The summed E-state index contributed by atoms with van der Waals surface area (Å²) in [5, 5.41) is 17.4. The van der Waals surface area contributed by atoms with Crippen molar-refractivity contribution in [1.82, 2.24) is 4.31 Å². The van der Waals surface area contributed by atoms with Gasteiger partial charge in [-0.2, -0.15) is 14.8 Å². The maximum absolute atomic E-state index is 12.5. The van der Waals surface area contributed by atoms with Crippen molar-refractivity contribution in [2.45, 2.75) is 11.3 Å². The summed E-state index contributed by atoms with van der Waals surface area (Å²) in [5.74, 6) is 0. The Morgan fingerprint density at radius 2 is 2.05 bits per heavy atom. The van der Waals surface area contributed by atoms with E-state index in [2.05, 4.69) is 0 Å². The Morgan fingerprint density at radius 1 is 1.30 bits per heavy atom. The van der Waals surface area contributed by atoms with Gasteiger partial charge in [0.05, 0.1) is 29.2 Å². The van der Waals surface area contributed by atoms with Crippen molar-refractivity contribution in [2.24, 2.45) is 0 Å². The van der Waals surface area contributed by atoms with Crippen molar-refractivity contribution in [1.29, 1.82) is 10.5 Å². The normalized spacial score (nSPS) is 11.0. The van der Waals surface area contributed by atoms with Crippen LogP contribution < -0.4 is 0 Å². The van der Waals surface area contributed by atoms with Gasteiger partial charge in [-0.15, -0.1) is 0 Å². The topological polar surface area (TPSA) is 94.2 Å². The molecule has 1 aromatic rings. The zero-order chi connectivity index (χ0) is 15.0. The lowest BCUT2D eigenvalue weighted by molar-refractivity contribution is 0.179. The molecular weight excluding hydrogens is 278 g/mol. The smallest absolute Gasteiger partial charge is 0.243 e. The van der Waals surface area contributed by atoms with Crippen LogP contribution in [0.3, 0.4) is 0 Å². The van der Waals surface area contributed by atoms with E-state index in [0.717, 1.165) is 0 Å². The number of methoxy groups -OCH3 is 1. The molecule has 1 rings (SSSR count). The van der Waals surface area contributed by atoms with Crippen LogP contribution in [0.4, 0.5) is 0 Å². The average Bonchev–Trinajstić information content (AvgIpc) is 2.47. The summed E-state index contributed by atoms with van der Waals surface area (Å²) in [6.07, 6.45) is 0.0981. The lowest BCUT2D eigenvalue weighted by Gasteiger charge is -2.20. The maximum atomic E-state index is 12.5. The van der Waals surface area contributed by atoms with Crippen molar-refractivity contribution in [3.63, 3.8) is 0 Å². The number of ether oxygens (including phenoxy) is 1. The first-order valence-corrected chi connectivity index (χ1v) is 7.36. The molecule has 106 valence electrons. The molecule has 0 aliphatic heterocycles. The summed E-state index contributed by atoms with van der Waals surface area (Å²) < 4.78 is 31.0. The molecule has 0 aliphatic carbocycles. The molecule has 0 fully saturated rings. The third-order valence-corrected chi connectivity index (χ3v) is 4.51. The number of nitriles is 2. The van der Waals surface area contributed by atoms with Crippen molar-refractivity contribution in [3.05, 3.63) is 29.8 Å². The Labute approximate surface area is 118 Å². The molecule has 0 bridgehead atoms. The van der Waals surface area contributed by atoms with Gasteiger partial charge < -0.3 is 4.74 Å². The van der Waals surface area contributed by atoms with Gasteiger partial charge in [0, 0.05) is 26.6 Å². The summed E-state index contributed by atoms with van der Waals surface area (Å²) in [7, 11) is -2.25. The Bertz CT molecular complexity index is 629. The minimum atomic E-state index is -3.73. The van der Waals surface area contributed by atoms with Crippen molar-refractivity contribution < 1.29 is 13.2 Å². The largest absolute Gasteiger partial charge is 0.383 e. The van der Waals surface area contributed by atoms with Gasteiger partial charge in [0.2, 0.25) is 10.0 Å². The van der Waals surface area contributed by atoms with Gasteiger partial charge in [-0.1, -0.05) is 6.07 Å². The van der Waals surface area contributed by atoms with E-state index in [1.807, 2.05) is 12.1 Å². The number of sulfonamides is 1. The highest BCUT2D eigenvalue weighted by Crippen LogP contribution is 2.17.